The Bertz CT molecular complexity index is 1520. The molecule has 0 fully saturated rings. The van der Waals surface area contributed by atoms with E-state index in [1.54, 1.807) is 32.3 Å². The van der Waals surface area contributed by atoms with Gasteiger partial charge in [0.05, 0.1) is 7.11 Å². The molecule has 1 unspecified atom stereocenters. The van der Waals surface area contributed by atoms with Crippen LogP contribution in [0.5, 0.6) is 5.75 Å². The van der Waals surface area contributed by atoms with Gasteiger partial charge in [0.2, 0.25) is 5.91 Å². The van der Waals surface area contributed by atoms with Crippen LogP contribution in [-0.4, -0.2) is 60.0 Å². The fourth-order valence-electron chi connectivity index (χ4n) is 4.31. The average Bonchev–Trinajstić information content (AvgIpc) is 2.93. The highest BCUT2D eigenvalue weighted by atomic mass is 19.1. The number of fused-ring (bicyclic) bond motifs is 1. The minimum absolute atomic E-state index is 0.0319. The molecule has 8 nitrogen and oxygen atoms in total. The summed E-state index contributed by atoms with van der Waals surface area (Å²) in [6.07, 6.45) is 2.15. The lowest BCUT2D eigenvalue weighted by Crippen LogP contribution is -2.47. The van der Waals surface area contributed by atoms with E-state index < -0.39 is 23.7 Å². The van der Waals surface area contributed by atoms with Gasteiger partial charge >= 0.3 is 5.97 Å². The van der Waals surface area contributed by atoms with Gasteiger partial charge in [-0.3, -0.25) is 14.6 Å². The fourth-order valence-corrected chi connectivity index (χ4v) is 4.31. The Balaban J connectivity index is 1.77. The van der Waals surface area contributed by atoms with Crippen LogP contribution in [-0.2, 0) is 22.4 Å². The van der Waals surface area contributed by atoms with Gasteiger partial charge in [-0.25, -0.2) is 9.18 Å². The number of ether oxygens (including phenoxy) is 1. The minimum Gasteiger partial charge on any atom is -0.505 e. The Labute approximate surface area is 225 Å². The summed E-state index contributed by atoms with van der Waals surface area (Å²) in [6.45, 7) is 0. The molecule has 1 aromatic heterocycles. The second-order valence-corrected chi connectivity index (χ2v) is 9.30. The molecule has 3 aromatic carbocycles. The zero-order valence-corrected chi connectivity index (χ0v) is 21.8. The van der Waals surface area contributed by atoms with E-state index in [1.165, 1.54) is 29.3 Å². The van der Waals surface area contributed by atoms with Gasteiger partial charge in [-0.1, -0.05) is 42.5 Å². The molecule has 1 atom stereocenters. The number of amides is 2. The molecule has 4 aromatic rings. The summed E-state index contributed by atoms with van der Waals surface area (Å²) in [5.74, 6) is -2.55. The van der Waals surface area contributed by atoms with Crippen molar-refractivity contribution in [3.8, 4) is 5.75 Å². The first kappa shape index (κ1) is 27.3. The van der Waals surface area contributed by atoms with E-state index in [0.717, 1.165) is 18.2 Å². The van der Waals surface area contributed by atoms with Gasteiger partial charge < -0.3 is 20.1 Å². The molecule has 0 aliphatic rings. The van der Waals surface area contributed by atoms with Gasteiger partial charge in [0.1, 0.15) is 22.9 Å². The number of hydrogen-bond donors (Lipinski definition) is 2. The predicted octanol–water partition coefficient (Wildman–Crippen LogP) is 3.89. The fraction of sp³-hybridized carbons (Fsp3) is 0.200. The minimum atomic E-state index is -0.893. The summed E-state index contributed by atoms with van der Waals surface area (Å²) in [5, 5.41) is 13.9. The molecule has 0 aliphatic carbocycles. The molecule has 0 saturated heterocycles. The monoisotopic (exact) mass is 529 g/mol. The van der Waals surface area contributed by atoms with Gasteiger partial charge in [0.15, 0.2) is 5.75 Å². The van der Waals surface area contributed by atoms with Crippen LogP contribution in [0.25, 0.3) is 10.9 Å². The Kier molecular flexibility index (Phi) is 8.19. The number of pyridine rings is 1. The maximum absolute atomic E-state index is 13.7. The van der Waals surface area contributed by atoms with E-state index in [-0.39, 0.29) is 40.2 Å². The number of aromatic hydroxyl groups is 1. The summed E-state index contributed by atoms with van der Waals surface area (Å²) in [4.78, 5) is 44.8. The molecule has 200 valence electrons. The molecule has 0 bridgehead atoms. The molecular formula is C30H28FN3O5. The summed E-state index contributed by atoms with van der Waals surface area (Å²) >= 11 is 0. The number of benzene rings is 3. The highest BCUT2D eigenvalue weighted by Gasteiger charge is 2.27. The van der Waals surface area contributed by atoms with Gasteiger partial charge in [-0.05, 0) is 47.4 Å². The third kappa shape index (κ3) is 6.20. The molecule has 39 heavy (non-hydrogen) atoms. The van der Waals surface area contributed by atoms with E-state index in [9.17, 15) is 23.9 Å². The molecule has 0 saturated carbocycles. The number of rotatable bonds is 8. The average molecular weight is 530 g/mol. The summed E-state index contributed by atoms with van der Waals surface area (Å²) < 4.78 is 18.1. The summed E-state index contributed by atoms with van der Waals surface area (Å²) in [6, 6.07) is 17.3. The van der Waals surface area contributed by atoms with Crippen molar-refractivity contribution in [2.24, 2.45) is 0 Å². The van der Waals surface area contributed by atoms with Crippen LogP contribution < -0.4 is 5.32 Å². The van der Waals surface area contributed by atoms with Crippen molar-refractivity contribution >= 4 is 28.7 Å². The zero-order chi connectivity index (χ0) is 28.1. The molecule has 0 spiro atoms. The standard InChI is InChI=1S/C30H28FN3O5/c1-34(2)29(37)25(15-18-7-5-4-6-8-18)33-28(36)23-16-24(30(38)39-3)27(35)26-22(23)14-20(17-32-26)13-19-9-11-21(31)12-10-19/h4-12,14,16-17,25,35H,13,15H2,1-3H3,(H,33,36). The topological polar surface area (TPSA) is 109 Å². The van der Waals surface area contributed by atoms with Crippen LogP contribution in [0.4, 0.5) is 4.39 Å². The van der Waals surface area contributed by atoms with Crippen molar-refractivity contribution in [2.75, 3.05) is 21.2 Å². The summed E-state index contributed by atoms with van der Waals surface area (Å²) in [7, 11) is 4.36. The Morgan fingerprint density at radius 1 is 0.974 bits per heavy atom. The smallest absolute Gasteiger partial charge is 0.341 e. The van der Waals surface area contributed by atoms with Crippen LogP contribution in [0, 0.1) is 5.82 Å². The number of likely N-dealkylation sites (N-methyl/N-ethyl adjacent to an activating group) is 1. The largest absolute Gasteiger partial charge is 0.505 e. The lowest BCUT2D eigenvalue weighted by molar-refractivity contribution is -0.130. The highest BCUT2D eigenvalue weighted by Crippen LogP contribution is 2.32. The van der Waals surface area contributed by atoms with Crippen LogP contribution in [0.3, 0.4) is 0 Å². The van der Waals surface area contributed by atoms with Crippen LogP contribution in [0.2, 0.25) is 0 Å². The number of aromatic nitrogens is 1. The number of carbonyl (C=O) groups is 3. The quantitative estimate of drug-likeness (QED) is 0.335. The van der Waals surface area contributed by atoms with Gasteiger partial charge in [0.25, 0.3) is 5.91 Å². The van der Waals surface area contributed by atoms with Crippen molar-refractivity contribution in [1.29, 1.82) is 0 Å². The number of halogens is 1. The maximum Gasteiger partial charge on any atom is 0.341 e. The number of nitrogens with zero attached hydrogens (tertiary/aromatic N) is 2. The van der Waals surface area contributed by atoms with E-state index in [0.29, 0.717) is 12.0 Å². The highest BCUT2D eigenvalue weighted by molar-refractivity contribution is 6.12. The van der Waals surface area contributed by atoms with Crippen molar-refractivity contribution in [3.63, 3.8) is 0 Å². The summed E-state index contributed by atoms with van der Waals surface area (Å²) in [5.41, 5.74) is 2.21. The molecular weight excluding hydrogens is 501 g/mol. The van der Waals surface area contributed by atoms with E-state index in [2.05, 4.69) is 10.3 Å². The number of hydrogen-bond acceptors (Lipinski definition) is 6. The van der Waals surface area contributed by atoms with Gasteiger partial charge in [0, 0.05) is 37.7 Å². The number of methoxy groups -OCH3 is 1. The van der Waals surface area contributed by atoms with Gasteiger partial charge in [-0.15, -0.1) is 0 Å². The second kappa shape index (κ2) is 11.7. The lowest BCUT2D eigenvalue weighted by Gasteiger charge is -2.22. The first-order valence-corrected chi connectivity index (χ1v) is 12.2. The number of esters is 1. The Morgan fingerprint density at radius 2 is 1.67 bits per heavy atom. The third-order valence-corrected chi connectivity index (χ3v) is 6.30. The molecule has 9 heteroatoms. The van der Waals surface area contributed by atoms with Crippen molar-refractivity contribution in [2.45, 2.75) is 18.9 Å². The number of phenolic OH excluding ortho intramolecular Hbond substituents is 1. The van der Waals surface area contributed by atoms with Crippen molar-refractivity contribution in [1.82, 2.24) is 15.2 Å². The first-order valence-electron chi connectivity index (χ1n) is 12.2. The maximum atomic E-state index is 13.7. The Hall–Kier alpha value is -4.79. The zero-order valence-electron chi connectivity index (χ0n) is 21.8. The molecule has 4 rings (SSSR count). The predicted molar refractivity (Wildman–Crippen MR) is 144 cm³/mol. The van der Waals surface area contributed by atoms with E-state index >= 15 is 0 Å². The van der Waals surface area contributed by atoms with Crippen LogP contribution in [0.1, 0.15) is 37.4 Å². The van der Waals surface area contributed by atoms with Crippen LogP contribution in [0.15, 0.2) is 72.9 Å². The SMILES string of the molecule is COC(=O)c1cc(C(=O)NC(Cc2ccccc2)C(=O)N(C)C)c2cc(Cc3ccc(F)cc3)cnc2c1O. The number of nitrogens with one attached hydrogen (secondary N) is 1. The van der Waals surface area contributed by atoms with Gasteiger partial charge in [-0.2, -0.15) is 0 Å². The second-order valence-electron chi connectivity index (χ2n) is 9.30. The van der Waals surface area contributed by atoms with E-state index in [1.807, 2.05) is 30.3 Å². The number of phenols is 1. The molecule has 0 aliphatic heterocycles. The molecule has 2 amide bonds. The van der Waals surface area contributed by atoms with E-state index in [4.69, 9.17) is 4.74 Å². The Morgan fingerprint density at radius 3 is 2.31 bits per heavy atom. The van der Waals surface area contributed by atoms with Crippen LogP contribution >= 0.6 is 0 Å². The first-order chi connectivity index (χ1) is 18.7. The van der Waals surface area contributed by atoms with Crippen molar-refractivity contribution in [3.05, 3.63) is 107 Å². The molecule has 0 radical (unpaired) electrons. The molecule has 1 heterocycles. The normalized spacial score (nSPS) is 11.6. The molecule has 2 N–H and O–H groups in total. The number of carbonyl (C=O) groups excluding carboxylic acids is 3. The van der Waals surface area contributed by atoms with Crippen molar-refractivity contribution < 1.29 is 28.6 Å². The third-order valence-electron chi connectivity index (χ3n) is 6.30. The lowest BCUT2D eigenvalue weighted by atomic mass is 9.98.